The van der Waals surface area contributed by atoms with E-state index >= 15 is 0 Å². The Hall–Kier alpha value is -0.790. The van der Waals surface area contributed by atoms with Crippen molar-refractivity contribution in [3.05, 3.63) is 11.8 Å². The van der Waals surface area contributed by atoms with Gasteiger partial charge in [-0.15, -0.1) is 0 Å². The monoisotopic (exact) mass is 126 g/mol. The van der Waals surface area contributed by atoms with Crippen molar-refractivity contribution >= 4 is 6.34 Å². The van der Waals surface area contributed by atoms with Crippen molar-refractivity contribution in [3.8, 4) is 0 Å². The molecule has 0 spiro atoms. The maximum atomic E-state index is 5.11. The van der Waals surface area contributed by atoms with Gasteiger partial charge in [-0.3, -0.25) is 0 Å². The molecular formula is C7H14N2. The lowest BCUT2D eigenvalue weighted by molar-refractivity contribution is 0.756. The first-order valence-electron chi connectivity index (χ1n) is 3.12. The minimum atomic E-state index is 0.467. The molecule has 0 atom stereocenters. The molecule has 0 aromatic rings. The third-order valence-electron chi connectivity index (χ3n) is 1.11. The highest BCUT2D eigenvalue weighted by atomic mass is 14.8. The van der Waals surface area contributed by atoms with Gasteiger partial charge >= 0.3 is 0 Å². The normalized spacial score (nSPS) is 13.6. The fourth-order valence-electron chi connectivity index (χ4n) is 0.643. The lowest BCUT2D eigenvalue weighted by Crippen LogP contribution is -1.94. The lowest BCUT2D eigenvalue weighted by atomic mass is 10.1. The van der Waals surface area contributed by atoms with Crippen LogP contribution in [-0.2, 0) is 0 Å². The summed E-state index contributed by atoms with van der Waals surface area (Å²) in [7, 11) is 0. The molecule has 0 heterocycles. The standard InChI is InChI=1S/C7H14N2/c1-4-7(6(2)3)9-5-8/h4-6H,1-3H3,(H2,8,9)/b7-4-. The second kappa shape index (κ2) is 4.13. The summed E-state index contributed by atoms with van der Waals surface area (Å²) in [5.74, 6) is 0.467. The van der Waals surface area contributed by atoms with Crippen LogP contribution in [0, 0.1) is 5.92 Å². The molecule has 0 aromatic carbocycles. The zero-order chi connectivity index (χ0) is 7.28. The highest BCUT2D eigenvalue weighted by molar-refractivity contribution is 5.53. The zero-order valence-electron chi connectivity index (χ0n) is 6.26. The number of aliphatic imine (C=N–C) groups is 1. The average molecular weight is 126 g/mol. The summed E-state index contributed by atoms with van der Waals surface area (Å²) < 4.78 is 0. The fourth-order valence-corrected chi connectivity index (χ4v) is 0.643. The first-order valence-corrected chi connectivity index (χ1v) is 3.12. The third kappa shape index (κ3) is 2.90. The quantitative estimate of drug-likeness (QED) is 0.442. The van der Waals surface area contributed by atoms with Crippen LogP contribution in [0.2, 0.25) is 0 Å². The number of hydrogen-bond donors (Lipinski definition) is 1. The first-order chi connectivity index (χ1) is 4.22. The predicted octanol–water partition coefficient (Wildman–Crippen LogP) is 1.53. The SMILES string of the molecule is C/C=C(\N=C/N)C(C)C. The van der Waals surface area contributed by atoms with E-state index in [0.717, 1.165) is 5.70 Å². The molecule has 52 valence electrons. The van der Waals surface area contributed by atoms with E-state index in [4.69, 9.17) is 5.73 Å². The van der Waals surface area contributed by atoms with Gasteiger partial charge in [-0.2, -0.15) is 0 Å². The molecule has 0 saturated heterocycles. The number of hydrogen-bond acceptors (Lipinski definition) is 1. The molecule has 0 fully saturated rings. The molecule has 0 bridgehead atoms. The second-order valence-electron chi connectivity index (χ2n) is 2.15. The van der Waals surface area contributed by atoms with Gasteiger partial charge in [-0.25, -0.2) is 4.99 Å². The summed E-state index contributed by atoms with van der Waals surface area (Å²) in [6.07, 6.45) is 3.30. The van der Waals surface area contributed by atoms with E-state index in [0.29, 0.717) is 5.92 Å². The number of allylic oxidation sites excluding steroid dienone is 2. The van der Waals surface area contributed by atoms with Gasteiger partial charge in [-0.05, 0) is 12.8 Å². The van der Waals surface area contributed by atoms with Gasteiger partial charge in [0.15, 0.2) is 0 Å². The highest BCUT2D eigenvalue weighted by Gasteiger charge is 1.96. The Morgan fingerprint density at radius 2 is 2.11 bits per heavy atom. The fraction of sp³-hybridized carbons (Fsp3) is 0.571. The second-order valence-corrected chi connectivity index (χ2v) is 2.15. The summed E-state index contributed by atoms with van der Waals surface area (Å²) in [6, 6.07) is 0. The molecule has 2 N–H and O–H groups in total. The van der Waals surface area contributed by atoms with Crippen LogP contribution >= 0.6 is 0 Å². The topological polar surface area (TPSA) is 38.4 Å². The number of rotatable bonds is 2. The zero-order valence-corrected chi connectivity index (χ0v) is 6.26. The van der Waals surface area contributed by atoms with Crippen molar-refractivity contribution < 1.29 is 0 Å². The number of nitrogens with two attached hydrogens (primary N) is 1. The maximum Gasteiger partial charge on any atom is 0.0856 e. The van der Waals surface area contributed by atoms with Crippen molar-refractivity contribution in [1.29, 1.82) is 0 Å². The average Bonchev–Trinajstić information content (AvgIpc) is 1.82. The molecule has 2 nitrogen and oxygen atoms in total. The molecule has 0 aliphatic heterocycles. The van der Waals surface area contributed by atoms with Gasteiger partial charge in [0.25, 0.3) is 0 Å². The Balaban J connectivity index is 4.01. The molecule has 0 radical (unpaired) electrons. The first kappa shape index (κ1) is 8.21. The predicted molar refractivity (Wildman–Crippen MR) is 41.3 cm³/mol. The molecule has 0 saturated carbocycles. The van der Waals surface area contributed by atoms with E-state index in [9.17, 15) is 0 Å². The molecule has 0 aliphatic rings. The van der Waals surface area contributed by atoms with Gasteiger partial charge < -0.3 is 5.73 Å². The van der Waals surface area contributed by atoms with Crippen LogP contribution in [0.25, 0.3) is 0 Å². The van der Waals surface area contributed by atoms with Gasteiger partial charge in [0.1, 0.15) is 0 Å². The summed E-state index contributed by atoms with van der Waals surface area (Å²) in [5.41, 5.74) is 6.15. The van der Waals surface area contributed by atoms with E-state index in [2.05, 4.69) is 18.8 Å². The van der Waals surface area contributed by atoms with E-state index < -0.39 is 0 Å². The van der Waals surface area contributed by atoms with E-state index in [1.54, 1.807) is 0 Å². The van der Waals surface area contributed by atoms with Crippen LogP contribution < -0.4 is 5.73 Å². The molecular weight excluding hydrogens is 112 g/mol. The maximum absolute atomic E-state index is 5.11. The largest absolute Gasteiger partial charge is 0.390 e. The molecule has 0 rings (SSSR count). The Morgan fingerprint density at radius 1 is 1.56 bits per heavy atom. The van der Waals surface area contributed by atoms with Crippen molar-refractivity contribution in [2.75, 3.05) is 0 Å². The third-order valence-corrected chi connectivity index (χ3v) is 1.11. The summed E-state index contributed by atoms with van der Waals surface area (Å²) in [4.78, 5) is 3.96. The van der Waals surface area contributed by atoms with Gasteiger partial charge in [0.05, 0.1) is 6.34 Å². The van der Waals surface area contributed by atoms with Crippen LogP contribution in [0.4, 0.5) is 0 Å². The Morgan fingerprint density at radius 3 is 2.22 bits per heavy atom. The van der Waals surface area contributed by atoms with Crippen molar-refractivity contribution in [2.24, 2.45) is 16.6 Å². The number of nitrogens with zero attached hydrogens (tertiary/aromatic N) is 1. The Kier molecular flexibility index (Phi) is 3.76. The minimum Gasteiger partial charge on any atom is -0.390 e. The smallest absolute Gasteiger partial charge is 0.0856 e. The van der Waals surface area contributed by atoms with Crippen LogP contribution in [0.5, 0.6) is 0 Å². The molecule has 0 unspecified atom stereocenters. The molecule has 0 amide bonds. The van der Waals surface area contributed by atoms with E-state index in [1.807, 2.05) is 13.0 Å². The summed E-state index contributed by atoms with van der Waals surface area (Å²) in [5, 5.41) is 0. The van der Waals surface area contributed by atoms with E-state index in [1.165, 1.54) is 6.34 Å². The van der Waals surface area contributed by atoms with Crippen molar-refractivity contribution in [2.45, 2.75) is 20.8 Å². The molecule has 2 heteroatoms. The highest BCUT2D eigenvalue weighted by Crippen LogP contribution is 2.08. The van der Waals surface area contributed by atoms with Crippen LogP contribution in [0.3, 0.4) is 0 Å². The Bertz CT molecular complexity index is 123. The van der Waals surface area contributed by atoms with Crippen LogP contribution in [-0.4, -0.2) is 6.34 Å². The van der Waals surface area contributed by atoms with Gasteiger partial charge in [0.2, 0.25) is 0 Å². The minimum absolute atomic E-state index is 0.467. The van der Waals surface area contributed by atoms with Gasteiger partial charge in [-0.1, -0.05) is 19.9 Å². The van der Waals surface area contributed by atoms with Crippen LogP contribution in [0.1, 0.15) is 20.8 Å². The van der Waals surface area contributed by atoms with Gasteiger partial charge in [0, 0.05) is 5.70 Å². The molecule has 0 aromatic heterocycles. The van der Waals surface area contributed by atoms with E-state index in [-0.39, 0.29) is 0 Å². The summed E-state index contributed by atoms with van der Waals surface area (Å²) in [6.45, 7) is 6.13. The molecule has 9 heavy (non-hydrogen) atoms. The Labute approximate surface area is 56.5 Å². The molecule has 0 aliphatic carbocycles. The van der Waals surface area contributed by atoms with Crippen molar-refractivity contribution in [3.63, 3.8) is 0 Å². The lowest BCUT2D eigenvalue weighted by Gasteiger charge is -2.01. The van der Waals surface area contributed by atoms with Crippen molar-refractivity contribution in [1.82, 2.24) is 0 Å². The summed E-state index contributed by atoms with van der Waals surface area (Å²) >= 11 is 0. The van der Waals surface area contributed by atoms with Crippen LogP contribution in [0.15, 0.2) is 16.8 Å².